The lowest BCUT2D eigenvalue weighted by molar-refractivity contribution is 1.04. The number of aromatic nitrogens is 4. The Hall–Kier alpha value is -5.24. The fraction of sp³-hybridized carbons (Fsp3) is 0.125. The van der Waals surface area contributed by atoms with Gasteiger partial charge < -0.3 is 0 Å². The van der Waals surface area contributed by atoms with Crippen LogP contribution >= 0.6 is 0 Å². The maximum Gasteiger partial charge on any atom is 0.183 e. The molecule has 2 aromatic heterocycles. The van der Waals surface area contributed by atoms with Crippen molar-refractivity contribution in [3.05, 3.63) is 118 Å². The van der Waals surface area contributed by atoms with Gasteiger partial charge in [0.25, 0.3) is 0 Å². The van der Waals surface area contributed by atoms with E-state index >= 15 is 0 Å². The Labute approximate surface area is 231 Å². The molecule has 5 aromatic rings. The lowest BCUT2D eigenvalue weighted by Crippen LogP contribution is -2.31. The summed E-state index contributed by atoms with van der Waals surface area (Å²) in [6.07, 6.45) is 7.24. The first-order chi connectivity index (χ1) is 19.5. The average molecular weight is 523 g/mol. The van der Waals surface area contributed by atoms with Crippen LogP contribution in [-0.4, -0.2) is 26.2 Å². The standard InChI is InChI=1S/C32H26N8/c1-19-9-7-10-20(2)29(19)39-27(16-15-25-28-26(17-35-38-28)34-18-33-25)40(30-21(3)11-8-12-22(30)4)32-31(39)36-23-13-5-6-14-24(23)37-32/h5-18H,1-4H3/b25-15+. The molecule has 8 heteroatoms. The molecule has 40 heavy (non-hydrogen) atoms. The summed E-state index contributed by atoms with van der Waals surface area (Å²) in [5, 5.41) is 9.66. The molecule has 0 fully saturated rings. The second-order valence-corrected chi connectivity index (χ2v) is 10.0. The molecule has 0 radical (unpaired) electrons. The van der Waals surface area contributed by atoms with Gasteiger partial charge in [0, 0.05) is 0 Å². The predicted octanol–water partition coefficient (Wildman–Crippen LogP) is 5.23. The summed E-state index contributed by atoms with van der Waals surface area (Å²) in [7, 11) is 0. The van der Waals surface area contributed by atoms with Gasteiger partial charge in [-0.25, -0.2) is 19.9 Å². The van der Waals surface area contributed by atoms with E-state index in [-0.39, 0.29) is 0 Å². The smallest absolute Gasteiger partial charge is 0.183 e. The first-order valence-electron chi connectivity index (χ1n) is 13.1. The van der Waals surface area contributed by atoms with E-state index in [1.807, 2.05) is 30.3 Å². The minimum absolute atomic E-state index is 0.661. The van der Waals surface area contributed by atoms with Gasteiger partial charge in [-0.1, -0.05) is 48.5 Å². The van der Waals surface area contributed by atoms with Gasteiger partial charge in [-0.3, -0.25) is 9.80 Å². The van der Waals surface area contributed by atoms with Crippen LogP contribution in [0.4, 0.5) is 23.0 Å². The topological polar surface area (TPSA) is 82.8 Å². The molecule has 0 aliphatic carbocycles. The molecule has 2 aliphatic rings. The molecule has 8 nitrogen and oxygen atoms in total. The molecule has 194 valence electrons. The first-order valence-corrected chi connectivity index (χ1v) is 13.1. The summed E-state index contributed by atoms with van der Waals surface area (Å²) in [6.45, 7) is 8.53. The molecule has 0 saturated heterocycles. The molecule has 0 bridgehead atoms. The highest BCUT2D eigenvalue weighted by Gasteiger charge is 2.38. The van der Waals surface area contributed by atoms with Crippen molar-refractivity contribution < 1.29 is 0 Å². The zero-order valence-electron chi connectivity index (χ0n) is 22.7. The van der Waals surface area contributed by atoms with E-state index in [9.17, 15) is 0 Å². The van der Waals surface area contributed by atoms with Gasteiger partial charge in [0.05, 0.1) is 34.0 Å². The number of rotatable bonds is 3. The van der Waals surface area contributed by atoms with Crippen molar-refractivity contribution in [2.24, 2.45) is 10.2 Å². The third-order valence-corrected chi connectivity index (χ3v) is 7.35. The lowest BCUT2D eigenvalue weighted by Gasteiger charge is -2.28. The van der Waals surface area contributed by atoms with E-state index in [0.717, 1.165) is 62.1 Å². The molecule has 0 unspecified atom stereocenters. The van der Waals surface area contributed by atoms with Crippen molar-refractivity contribution in [2.45, 2.75) is 27.7 Å². The SMILES string of the molecule is Cc1cccc(C)c1N1C(=C/C=c2/ncnc3c2=NN=C3)N(c2c(C)cccc2C)c2nc3ccccc3nc21. The number of fused-ring (bicyclic) bond motifs is 3. The van der Waals surface area contributed by atoms with Crippen molar-refractivity contribution in [3.63, 3.8) is 0 Å². The number of hydrogen-bond donors (Lipinski definition) is 0. The number of para-hydroxylation sites is 4. The highest BCUT2D eigenvalue weighted by molar-refractivity contribution is 5.95. The van der Waals surface area contributed by atoms with E-state index < -0.39 is 0 Å². The van der Waals surface area contributed by atoms with E-state index in [2.05, 4.69) is 100 Å². The van der Waals surface area contributed by atoms with Crippen LogP contribution in [0.2, 0.25) is 0 Å². The van der Waals surface area contributed by atoms with Crippen LogP contribution in [0.3, 0.4) is 0 Å². The quantitative estimate of drug-likeness (QED) is 0.323. The number of benzene rings is 3. The maximum atomic E-state index is 5.20. The Bertz CT molecular complexity index is 1890. The van der Waals surface area contributed by atoms with Crippen LogP contribution in [0.1, 0.15) is 27.9 Å². The van der Waals surface area contributed by atoms with E-state index in [1.54, 1.807) is 12.5 Å². The fourth-order valence-electron chi connectivity index (χ4n) is 5.53. The summed E-state index contributed by atoms with van der Waals surface area (Å²) in [5.74, 6) is 2.45. The molecular formula is C32H26N8. The maximum absolute atomic E-state index is 5.20. The van der Waals surface area contributed by atoms with Crippen molar-refractivity contribution in [3.8, 4) is 0 Å². The van der Waals surface area contributed by atoms with E-state index in [1.165, 1.54) is 0 Å². The highest BCUT2D eigenvalue weighted by atomic mass is 15.5. The molecular weight excluding hydrogens is 496 g/mol. The minimum Gasteiger partial charge on any atom is -0.276 e. The van der Waals surface area contributed by atoms with Crippen LogP contribution in [0.15, 0.2) is 89.1 Å². The van der Waals surface area contributed by atoms with Gasteiger partial charge in [-0.05, 0) is 74.2 Å². The zero-order chi connectivity index (χ0) is 27.4. The summed E-state index contributed by atoms with van der Waals surface area (Å²) in [5.41, 5.74) is 9.10. The van der Waals surface area contributed by atoms with Gasteiger partial charge in [0.15, 0.2) is 11.6 Å². The second-order valence-electron chi connectivity index (χ2n) is 10.0. The number of hydrogen-bond acceptors (Lipinski definition) is 8. The largest absolute Gasteiger partial charge is 0.276 e. The molecule has 0 saturated carbocycles. The Balaban J connectivity index is 1.59. The normalized spacial score (nSPS) is 14.1. The predicted molar refractivity (Wildman–Crippen MR) is 159 cm³/mol. The summed E-state index contributed by atoms with van der Waals surface area (Å²) in [6, 6.07) is 20.7. The number of aryl methyl sites for hydroxylation is 4. The lowest BCUT2D eigenvalue weighted by atomic mass is 10.1. The van der Waals surface area contributed by atoms with Crippen molar-refractivity contribution in [1.82, 2.24) is 19.9 Å². The van der Waals surface area contributed by atoms with Crippen LogP contribution in [-0.2, 0) is 0 Å². The minimum atomic E-state index is 0.661. The Kier molecular flexibility index (Phi) is 5.48. The Morgan fingerprint density at radius 3 is 1.73 bits per heavy atom. The number of allylic oxidation sites excluding steroid dienone is 1. The zero-order valence-corrected chi connectivity index (χ0v) is 22.7. The molecule has 2 aliphatic heterocycles. The molecule has 4 heterocycles. The molecule has 0 atom stereocenters. The summed E-state index contributed by atoms with van der Waals surface area (Å²) < 4.78 is 0. The highest BCUT2D eigenvalue weighted by Crippen LogP contribution is 2.50. The third-order valence-electron chi connectivity index (χ3n) is 7.35. The summed E-state index contributed by atoms with van der Waals surface area (Å²) in [4.78, 5) is 23.6. The van der Waals surface area contributed by atoms with Crippen molar-refractivity contribution in [2.75, 3.05) is 9.80 Å². The molecule has 3 aromatic carbocycles. The third kappa shape index (κ3) is 3.68. The van der Waals surface area contributed by atoms with Crippen LogP contribution in [0.5, 0.6) is 0 Å². The van der Waals surface area contributed by atoms with Crippen LogP contribution < -0.4 is 20.5 Å². The van der Waals surface area contributed by atoms with Gasteiger partial charge in [0.1, 0.15) is 23.2 Å². The van der Waals surface area contributed by atoms with Gasteiger partial charge in [0.2, 0.25) is 0 Å². The molecule has 0 spiro atoms. The number of nitrogens with zero attached hydrogens (tertiary/aromatic N) is 8. The van der Waals surface area contributed by atoms with Gasteiger partial charge in [-0.15, -0.1) is 5.10 Å². The fourth-order valence-corrected chi connectivity index (χ4v) is 5.53. The van der Waals surface area contributed by atoms with Crippen molar-refractivity contribution >= 4 is 46.3 Å². The van der Waals surface area contributed by atoms with Gasteiger partial charge >= 0.3 is 0 Å². The number of anilines is 4. The van der Waals surface area contributed by atoms with Gasteiger partial charge in [-0.2, -0.15) is 5.10 Å². The van der Waals surface area contributed by atoms with Crippen LogP contribution in [0, 0.1) is 27.7 Å². The molecule has 0 amide bonds. The van der Waals surface area contributed by atoms with E-state index in [4.69, 9.17) is 9.97 Å². The van der Waals surface area contributed by atoms with E-state index in [0.29, 0.717) is 16.4 Å². The Morgan fingerprint density at radius 1 is 0.625 bits per heavy atom. The molecule has 7 rings (SSSR count). The summed E-state index contributed by atoms with van der Waals surface area (Å²) >= 11 is 0. The van der Waals surface area contributed by atoms with Crippen molar-refractivity contribution in [1.29, 1.82) is 0 Å². The second kappa shape index (κ2) is 9.20. The van der Waals surface area contributed by atoms with Crippen LogP contribution in [0.25, 0.3) is 17.1 Å². The molecule has 0 N–H and O–H groups in total. The Morgan fingerprint density at radius 2 is 1.18 bits per heavy atom. The first kappa shape index (κ1) is 23.8. The average Bonchev–Trinajstić information content (AvgIpc) is 3.54. The monoisotopic (exact) mass is 522 g/mol.